The van der Waals surface area contributed by atoms with Crippen molar-refractivity contribution in [1.82, 2.24) is 14.9 Å². The quantitative estimate of drug-likeness (QED) is 0.851. The molecular weight excluding hydrogens is 300 g/mol. The number of nitrogens with zero attached hydrogens (tertiary/aromatic N) is 4. The standard InChI is InChI=1S/C19H30N4O/c1-14(2)16-12-17(18(24)23-11-7-8-15(3)13-23)21-19(20-16)22-9-5-4-6-10-22/h12,14-15H,4-11,13H2,1-3H3/t15-/m0/s1. The first kappa shape index (κ1) is 17.2. The van der Waals surface area contributed by atoms with Gasteiger partial charge in [-0.15, -0.1) is 0 Å². The first-order valence-electron chi connectivity index (χ1n) is 9.48. The zero-order chi connectivity index (χ0) is 17.1. The van der Waals surface area contributed by atoms with Gasteiger partial charge in [-0.25, -0.2) is 9.97 Å². The number of aromatic nitrogens is 2. The number of amides is 1. The van der Waals surface area contributed by atoms with Gasteiger partial charge in [-0.05, 0) is 50.0 Å². The van der Waals surface area contributed by atoms with Gasteiger partial charge in [0.1, 0.15) is 5.69 Å². The van der Waals surface area contributed by atoms with Crippen molar-refractivity contribution in [2.45, 2.75) is 58.8 Å². The molecule has 0 radical (unpaired) electrons. The highest BCUT2D eigenvalue weighted by molar-refractivity contribution is 5.92. The molecule has 2 aliphatic rings. The maximum absolute atomic E-state index is 13.0. The van der Waals surface area contributed by atoms with Gasteiger partial charge in [0.2, 0.25) is 5.95 Å². The Balaban J connectivity index is 1.88. The van der Waals surface area contributed by atoms with Gasteiger partial charge in [0, 0.05) is 31.9 Å². The molecule has 0 bridgehead atoms. The van der Waals surface area contributed by atoms with E-state index >= 15 is 0 Å². The van der Waals surface area contributed by atoms with Crippen molar-refractivity contribution in [3.63, 3.8) is 0 Å². The zero-order valence-electron chi connectivity index (χ0n) is 15.3. The van der Waals surface area contributed by atoms with Crippen LogP contribution in [0.2, 0.25) is 0 Å². The summed E-state index contributed by atoms with van der Waals surface area (Å²) in [7, 11) is 0. The fourth-order valence-corrected chi connectivity index (χ4v) is 3.63. The molecule has 0 unspecified atom stereocenters. The predicted octanol–water partition coefficient (Wildman–Crippen LogP) is 3.46. The van der Waals surface area contributed by atoms with E-state index in [0.29, 0.717) is 17.5 Å². The number of carbonyl (C=O) groups is 1. The van der Waals surface area contributed by atoms with Crippen LogP contribution in [0.1, 0.15) is 75.0 Å². The van der Waals surface area contributed by atoms with E-state index < -0.39 is 0 Å². The molecule has 3 rings (SSSR count). The molecule has 2 saturated heterocycles. The van der Waals surface area contributed by atoms with Crippen LogP contribution in [0.5, 0.6) is 0 Å². The van der Waals surface area contributed by atoms with E-state index in [4.69, 9.17) is 4.98 Å². The van der Waals surface area contributed by atoms with Crippen LogP contribution in [0.15, 0.2) is 6.07 Å². The lowest BCUT2D eigenvalue weighted by Gasteiger charge is -2.31. The fraction of sp³-hybridized carbons (Fsp3) is 0.737. The molecule has 132 valence electrons. The van der Waals surface area contributed by atoms with Gasteiger partial charge in [0.25, 0.3) is 5.91 Å². The summed E-state index contributed by atoms with van der Waals surface area (Å²) < 4.78 is 0. The molecule has 5 nitrogen and oxygen atoms in total. The lowest BCUT2D eigenvalue weighted by atomic mass is 10.00. The SMILES string of the molecule is CC(C)c1cc(C(=O)N2CCC[C@H](C)C2)nc(N2CCCCC2)n1. The Bertz CT molecular complexity index is 581. The number of carbonyl (C=O) groups excluding carboxylic acids is 1. The average Bonchev–Trinajstić information content (AvgIpc) is 2.61. The highest BCUT2D eigenvalue weighted by atomic mass is 16.2. The Morgan fingerprint density at radius 2 is 1.88 bits per heavy atom. The molecule has 2 fully saturated rings. The van der Waals surface area contributed by atoms with E-state index in [-0.39, 0.29) is 5.91 Å². The maximum Gasteiger partial charge on any atom is 0.272 e. The number of likely N-dealkylation sites (tertiary alicyclic amines) is 1. The predicted molar refractivity (Wildman–Crippen MR) is 96.5 cm³/mol. The number of piperidine rings is 2. The zero-order valence-corrected chi connectivity index (χ0v) is 15.3. The molecule has 3 heterocycles. The lowest BCUT2D eigenvalue weighted by Crippen LogP contribution is -2.40. The molecule has 1 aromatic heterocycles. The van der Waals surface area contributed by atoms with Crippen molar-refractivity contribution >= 4 is 11.9 Å². The summed E-state index contributed by atoms with van der Waals surface area (Å²) in [6.07, 6.45) is 5.94. The van der Waals surface area contributed by atoms with Crippen molar-refractivity contribution in [1.29, 1.82) is 0 Å². The minimum atomic E-state index is 0.0732. The van der Waals surface area contributed by atoms with Crippen molar-refractivity contribution in [2.24, 2.45) is 5.92 Å². The van der Waals surface area contributed by atoms with Crippen molar-refractivity contribution in [3.8, 4) is 0 Å². The lowest BCUT2D eigenvalue weighted by molar-refractivity contribution is 0.0676. The summed E-state index contributed by atoms with van der Waals surface area (Å²) in [5.74, 6) is 1.69. The average molecular weight is 330 g/mol. The van der Waals surface area contributed by atoms with Crippen molar-refractivity contribution < 1.29 is 4.79 Å². The minimum Gasteiger partial charge on any atom is -0.341 e. The number of hydrogen-bond donors (Lipinski definition) is 0. The molecule has 0 saturated carbocycles. The van der Waals surface area contributed by atoms with Crippen LogP contribution in [-0.4, -0.2) is 47.0 Å². The van der Waals surface area contributed by atoms with Crippen LogP contribution >= 0.6 is 0 Å². The molecule has 0 spiro atoms. The Morgan fingerprint density at radius 1 is 1.12 bits per heavy atom. The Morgan fingerprint density at radius 3 is 2.54 bits per heavy atom. The van der Waals surface area contributed by atoms with Crippen molar-refractivity contribution in [2.75, 3.05) is 31.1 Å². The van der Waals surface area contributed by atoms with Crippen LogP contribution in [0.25, 0.3) is 0 Å². The maximum atomic E-state index is 13.0. The van der Waals surface area contributed by atoms with Crippen LogP contribution in [0.3, 0.4) is 0 Å². The Hall–Kier alpha value is -1.65. The Labute approximate surface area is 145 Å². The number of rotatable bonds is 3. The van der Waals surface area contributed by atoms with Crippen molar-refractivity contribution in [3.05, 3.63) is 17.5 Å². The van der Waals surface area contributed by atoms with Gasteiger partial charge in [-0.2, -0.15) is 0 Å². The molecule has 5 heteroatoms. The van der Waals surface area contributed by atoms with E-state index in [1.807, 2.05) is 11.0 Å². The first-order valence-corrected chi connectivity index (χ1v) is 9.48. The van der Waals surface area contributed by atoms with Gasteiger partial charge in [0.05, 0.1) is 0 Å². The van der Waals surface area contributed by atoms with Gasteiger partial charge in [-0.3, -0.25) is 4.79 Å². The van der Waals surface area contributed by atoms with Crippen LogP contribution < -0.4 is 4.90 Å². The van der Waals surface area contributed by atoms with E-state index in [9.17, 15) is 4.79 Å². The molecule has 2 aliphatic heterocycles. The largest absolute Gasteiger partial charge is 0.341 e. The summed E-state index contributed by atoms with van der Waals surface area (Å²) >= 11 is 0. The molecule has 0 aliphatic carbocycles. The van der Waals surface area contributed by atoms with E-state index in [0.717, 1.165) is 44.2 Å². The third-order valence-corrected chi connectivity index (χ3v) is 5.13. The highest BCUT2D eigenvalue weighted by Crippen LogP contribution is 2.23. The molecular formula is C19H30N4O. The first-order chi connectivity index (χ1) is 11.5. The second-order valence-electron chi connectivity index (χ2n) is 7.68. The van der Waals surface area contributed by atoms with Crippen LogP contribution in [0.4, 0.5) is 5.95 Å². The third kappa shape index (κ3) is 3.87. The minimum absolute atomic E-state index is 0.0732. The van der Waals surface area contributed by atoms with Gasteiger partial charge in [-0.1, -0.05) is 20.8 Å². The molecule has 24 heavy (non-hydrogen) atoms. The monoisotopic (exact) mass is 330 g/mol. The van der Waals surface area contributed by atoms with E-state index in [2.05, 4.69) is 30.7 Å². The summed E-state index contributed by atoms with van der Waals surface area (Å²) in [6, 6.07) is 1.90. The van der Waals surface area contributed by atoms with Gasteiger partial charge >= 0.3 is 0 Å². The van der Waals surface area contributed by atoms with E-state index in [1.54, 1.807) is 0 Å². The van der Waals surface area contributed by atoms with Crippen LogP contribution in [-0.2, 0) is 0 Å². The van der Waals surface area contributed by atoms with Gasteiger partial charge < -0.3 is 9.80 Å². The highest BCUT2D eigenvalue weighted by Gasteiger charge is 2.25. The molecule has 1 atom stereocenters. The molecule has 1 amide bonds. The van der Waals surface area contributed by atoms with Gasteiger partial charge in [0.15, 0.2) is 0 Å². The molecule has 0 aromatic carbocycles. The second-order valence-corrected chi connectivity index (χ2v) is 7.68. The second kappa shape index (κ2) is 7.49. The smallest absolute Gasteiger partial charge is 0.272 e. The molecule has 0 N–H and O–H groups in total. The normalized spacial score (nSPS) is 22.1. The van der Waals surface area contributed by atoms with Crippen LogP contribution in [0, 0.1) is 5.92 Å². The summed E-state index contributed by atoms with van der Waals surface area (Å²) in [5.41, 5.74) is 1.54. The summed E-state index contributed by atoms with van der Waals surface area (Å²) in [5, 5.41) is 0. The topological polar surface area (TPSA) is 49.3 Å². The third-order valence-electron chi connectivity index (χ3n) is 5.13. The summed E-state index contributed by atoms with van der Waals surface area (Å²) in [6.45, 7) is 10.2. The van der Waals surface area contributed by atoms with E-state index in [1.165, 1.54) is 25.7 Å². The number of hydrogen-bond acceptors (Lipinski definition) is 4. The summed E-state index contributed by atoms with van der Waals surface area (Å²) in [4.78, 5) is 26.6. The fourth-order valence-electron chi connectivity index (χ4n) is 3.63. The molecule has 1 aromatic rings. The number of anilines is 1. The Kier molecular flexibility index (Phi) is 5.36.